The van der Waals surface area contributed by atoms with E-state index in [9.17, 15) is 0 Å². The first-order valence-electron chi connectivity index (χ1n) is 3.59. The van der Waals surface area contributed by atoms with Gasteiger partial charge in [0.1, 0.15) is 5.82 Å². The lowest BCUT2D eigenvalue weighted by molar-refractivity contribution is 0.208. The molecule has 0 saturated heterocycles. The van der Waals surface area contributed by atoms with Crippen LogP contribution in [0.3, 0.4) is 0 Å². The van der Waals surface area contributed by atoms with Crippen molar-refractivity contribution in [3.05, 3.63) is 17.3 Å². The number of nitrogens with zero attached hydrogens (tertiary/aromatic N) is 2. The minimum absolute atomic E-state index is 0.359. The van der Waals surface area contributed by atoms with Crippen LogP contribution in [0.2, 0.25) is 5.15 Å². The van der Waals surface area contributed by atoms with Crippen LogP contribution >= 0.6 is 11.6 Å². The highest BCUT2D eigenvalue weighted by atomic mass is 35.5. The second-order valence-electron chi connectivity index (χ2n) is 2.47. The van der Waals surface area contributed by atoms with Gasteiger partial charge in [0.05, 0.1) is 6.10 Å². The molecule has 0 fully saturated rings. The van der Waals surface area contributed by atoms with Crippen molar-refractivity contribution in [3.8, 4) is 0 Å². The number of rotatable bonds is 3. The van der Waals surface area contributed by atoms with Crippen molar-refractivity contribution in [2.75, 3.05) is 11.9 Å². The molecule has 1 heterocycles. The minimum atomic E-state index is -0.400. The van der Waals surface area contributed by atoms with Gasteiger partial charge in [-0.3, -0.25) is 0 Å². The highest BCUT2D eigenvalue weighted by Crippen LogP contribution is 2.05. The second kappa shape index (κ2) is 4.23. The van der Waals surface area contributed by atoms with Gasteiger partial charge in [0.25, 0.3) is 0 Å². The van der Waals surface area contributed by atoms with Gasteiger partial charge in [0.15, 0.2) is 5.15 Å². The first kappa shape index (κ1) is 9.22. The highest BCUT2D eigenvalue weighted by molar-refractivity contribution is 6.29. The minimum Gasteiger partial charge on any atom is -0.392 e. The average Bonchev–Trinajstić information content (AvgIpc) is 2.03. The van der Waals surface area contributed by atoms with Crippen LogP contribution in [0.25, 0.3) is 0 Å². The van der Waals surface area contributed by atoms with Gasteiger partial charge >= 0.3 is 0 Å². The molecule has 0 bridgehead atoms. The van der Waals surface area contributed by atoms with Crippen molar-refractivity contribution in [2.45, 2.75) is 13.0 Å². The van der Waals surface area contributed by atoms with Gasteiger partial charge in [0.2, 0.25) is 0 Å². The third-order valence-electron chi connectivity index (χ3n) is 1.21. The van der Waals surface area contributed by atoms with E-state index in [1.54, 1.807) is 19.1 Å². The lowest BCUT2D eigenvalue weighted by Gasteiger charge is -2.05. The summed E-state index contributed by atoms with van der Waals surface area (Å²) in [6.07, 6.45) is -0.400. The van der Waals surface area contributed by atoms with Crippen molar-refractivity contribution in [1.82, 2.24) is 10.2 Å². The molecule has 0 saturated carbocycles. The van der Waals surface area contributed by atoms with E-state index in [1.807, 2.05) is 0 Å². The molecule has 5 heteroatoms. The van der Waals surface area contributed by atoms with Crippen LogP contribution in [0.4, 0.5) is 5.82 Å². The van der Waals surface area contributed by atoms with Gasteiger partial charge in [-0.2, -0.15) is 0 Å². The normalized spacial score (nSPS) is 12.6. The molecular weight excluding hydrogens is 178 g/mol. The summed E-state index contributed by atoms with van der Waals surface area (Å²) >= 11 is 5.52. The number of anilines is 1. The van der Waals surface area contributed by atoms with Crippen molar-refractivity contribution >= 4 is 17.4 Å². The van der Waals surface area contributed by atoms with E-state index in [1.165, 1.54) is 0 Å². The number of nitrogens with one attached hydrogen (secondary N) is 1. The SMILES string of the molecule is C[C@H](O)CNc1ccc(Cl)nn1. The molecule has 0 spiro atoms. The van der Waals surface area contributed by atoms with Gasteiger partial charge in [0, 0.05) is 6.54 Å². The average molecular weight is 188 g/mol. The summed E-state index contributed by atoms with van der Waals surface area (Å²) in [5, 5.41) is 19.6. The molecule has 0 aromatic carbocycles. The molecule has 1 aromatic heterocycles. The third kappa shape index (κ3) is 3.02. The van der Waals surface area contributed by atoms with Gasteiger partial charge in [-0.05, 0) is 19.1 Å². The standard InChI is InChI=1S/C7H10ClN3O/c1-5(12)4-9-7-3-2-6(8)10-11-7/h2-3,5,12H,4H2,1H3,(H,9,11)/t5-/m0/s1. The Bertz CT molecular complexity index is 237. The van der Waals surface area contributed by atoms with Crippen LogP contribution < -0.4 is 5.32 Å². The first-order valence-corrected chi connectivity index (χ1v) is 3.97. The number of halogens is 1. The second-order valence-corrected chi connectivity index (χ2v) is 2.86. The molecule has 0 amide bonds. The quantitative estimate of drug-likeness (QED) is 0.739. The van der Waals surface area contributed by atoms with Crippen LogP contribution in [0.1, 0.15) is 6.92 Å². The summed E-state index contributed by atoms with van der Waals surface area (Å²) in [5.41, 5.74) is 0. The lowest BCUT2D eigenvalue weighted by Crippen LogP contribution is -2.16. The van der Waals surface area contributed by atoms with E-state index in [-0.39, 0.29) is 0 Å². The summed E-state index contributed by atoms with van der Waals surface area (Å²) in [6, 6.07) is 3.34. The third-order valence-corrected chi connectivity index (χ3v) is 1.41. The van der Waals surface area contributed by atoms with E-state index in [2.05, 4.69) is 15.5 Å². The molecule has 0 aliphatic heterocycles. The maximum atomic E-state index is 8.93. The molecule has 1 atom stereocenters. The monoisotopic (exact) mass is 187 g/mol. The van der Waals surface area contributed by atoms with Crippen LogP contribution in [-0.2, 0) is 0 Å². The van der Waals surface area contributed by atoms with E-state index < -0.39 is 6.10 Å². The zero-order valence-corrected chi connectivity index (χ0v) is 7.41. The van der Waals surface area contributed by atoms with Gasteiger partial charge in [-0.25, -0.2) is 0 Å². The fourth-order valence-electron chi connectivity index (χ4n) is 0.663. The summed E-state index contributed by atoms with van der Waals surface area (Å²) in [6.45, 7) is 2.15. The molecule has 1 aromatic rings. The fraction of sp³-hybridized carbons (Fsp3) is 0.429. The van der Waals surface area contributed by atoms with Crippen molar-refractivity contribution in [1.29, 1.82) is 0 Å². The molecular formula is C7H10ClN3O. The predicted octanol–water partition coefficient (Wildman–Crippen LogP) is 0.923. The Kier molecular flexibility index (Phi) is 3.25. The Morgan fingerprint density at radius 1 is 1.58 bits per heavy atom. The zero-order valence-electron chi connectivity index (χ0n) is 6.66. The van der Waals surface area contributed by atoms with Crippen LogP contribution in [0.5, 0.6) is 0 Å². The number of aromatic nitrogens is 2. The van der Waals surface area contributed by atoms with Crippen LogP contribution in [-0.4, -0.2) is 28.0 Å². The molecule has 0 unspecified atom stereocenters. The molecule has 1 rings (SSSR count). The lowest BCUT2D eigenvalue weighted by atomic mass is 10.4. The Morgan fingerprint density at radius 2 is 2.33 bits per heavy atom. The number of hydrogen-bond donors (Lipinski definition) is 2. The topological polar surface area (TPSA) is 58.0 Å². The number of aliphatic hydroxyl groups excluding tert-OH is 1. The van der Waals surface area contributed by atoms with Gasteiger partial charge < -0.3 is 10.4 Å². The first-order chi connectivity index (χ1) is 5.68. The number of aliphatic hydroxyl groups is 1. The summed E-state index contributed by atoms with van der Waals surface area (Å²) in [7, 11) is 0. The fourth-order valence-corrected chi connectivity index (χ4v) is 0.763. The molecule has 2 N–H and O–H groups in total. The molecule has 0 radical (unpaired) electrons. The summed E-state index contributed by atoms with van der Waals surface area (Å²) in [4.78, 5) is 0. The van der Waals surface area contributed by atoms with Crippen molar-refractivity contribution in [2.24, 2.45) is 0 Å². The predicted molar refractivity (Wildman–Crippen MR) is 47.2 cm³/mol. The Hall–Kier alpha value is -0.870. The summed E-state index contributed by atoms with van der Waals surface area (Å²) < 4.78 is 0. The largest absolute Gasteiger partial charge is 0.392 e. The van der Waals surface area contributed by atoms with Crippen molar-refractivity contribution in [3.63, 3.8) is 0 Å². The smallest absolute Gasteiger partial charge is 0.151 e. The molecule has 66 valence electrons. The maximum absolute atomic E-state index is 8.93. The highest BCUT2D eigenvalue weighted by Gasteiger charge is 1.97. The van der Waals surface area contributed by atoms with Crippen molar-refractivity contribution < 1.29 is 5.11 Å². The van der Waals surface area contributed by atoms with E-state index in [0.717, 1.165) is 0 Å². The maximum Gasteiger partial charge on any atom is 0.151 e. The van der Waals surface area contributed by atoms with Crippen LogP contribution in [0.15, 0.2) is 12.1 Å². The molecule has 12 heavy (non-hydrogen) atoms. The summed E-state index contributed by atoms with van der Waals surface area (Å²) in [5.74, 6) is 0.611. The Labute approximate surface area is 75.6 Å². The Morgan fingerprint density at radius 3 is 2.83 bits per heavy atom. The van der Waals surface area contributed by atoms with E-state index in [4.69, 9.17) is 16.7 Å². The zero-order chi connectivity index (χ0) is 8.97. The van der Waals surface area contributed by atoms with Gasteiger partial charge in [-0.1, -0.05) is 11.6 Å². The van der Waals surface area contributed by atoms with E-state index >= 15 is 0 Å². The molecule has 0 aliphatic rings. The molecule has 4 nitrogen and oxygen atoms in total. The van der Waals surface area contributed by atoms with Crippen LogP contribution in [0, 0.1) is 0 Å². The Balaban J connectivity index is 2.48. The number of hydrogen-bond acceptors (Lipinski definition) is 4. The van der Waals surface area contributed by atoms with E-state index in [0.29, 0.717) is 17.5 Å². The van der Waals surface area contributed by atoms with Gasteiger partial charge in [-0.15, -0.1) is 10.2 Å². The molecule has 0 aliphatic carbocycles.